The Morgan fingerprint density at radius 2 is 1.60 bits per heavy atom. The monoisotopic (exact) mass is 260 g/mol. The lowest BCUT2D eigenvalue weighted by Crippen LogP contribution is -1.88. The molecular formula is C18H16N2. The summed E-state index contributed by atoms with van der Waals surface area (Å²) < 4.78 is 0. The van der Waals surface area contributed by atoms with E-state index in [-0.39, 0.29) is 0 Å². The van der Waals surface area contributed by atoms with E-state index in [1.807, 2.05) is 24.4 Å². The van der Waals surface area contributed by atoms with Crippen LogP contribution in [0.25, 0.3) is 22.3 Å². The van der Waals surface area contributed by atoms with Crippen LogP contribution in [0.1, 0.15) is 5.56 Å². The Hall–Kier alpha value is -2.61. The van der Waals surface area contributed by atoms with Gasteiger partial charge in [-0.1, -0.05) is 30.3 Å². The van der Waals surface area contributed by atoms with Crippen LogP contribution in [0.5, 0.6) is 0 Å². The van der Waals surface area contributed by atoms with Gasteiger partial charge in [-0.3, -0.25) is 4.98 Å². The van der Waals surface area contributed by atoms with E-state index in [1.165, 1.54) is 22.3 Å². The van der Waals surface area contributed by atoms with Gasteiger partial charge in [-0.15, -0.1) is 0 Å². The van der Waals surface area contributed by atoms with Crippen molar-refractivity contribution in [3.05, 3.63) is 72.6 Å². The van der Waals surface area contributed by atoms with Crippen molar-refractivity contribution in [2.75, 3.05) is 5.73 Å². The molecule has 1 aromatic heterocycles. The summed E-state index contributed by atoms with van der Waals surface area (Å²) in [5.41, 5.74) is 12.5. The third-order valence-electron chi connectivity index (χ3n) is 3.45. The van der Waals surface area contributed by atoms with Gasteiger partial charge in [0.05, 0.1) is 0 Å². The van der Waals surface area contributed by atoms with E-state index in [2.05, 4.69) is 48.3 Å². The molecule has 2 aromatic carbocycles. The first-order valence-corrected chi connectivity index (χ1v) is 6.61. The van der Waals surface area contributed by atoms with Gasteiger partial charge in [0.1, 0.15) is 0 Å². The summed E-state index contributed by atoms with van der Waals surface area (Å²) in [6.45, 7) is 2.12. The molecule has 20 heavy (non-hydrogen) atoms. The van der Waals surface area contributed by atoms with Crippen LogP contribution in [0.2, 0.25) is 0 Å². The van der Waals surface area contributed by atoms with Gasteiger partial charge in [-0.05, 0) is 53.4 Å². The Morgan fingerprint density at radius 1 is 0.850 bits per heavy atom. The molecule has 98 valence electrons. The van der Waals surface area contributed by atoms with Crippen LogP contribution in [0.15, 0.2) is 67.0 Å². The molecule has 0 bridgehead atoms. The fourth-order valence-electron chi connectivity index (χ4n) is 2.31. The summed E-state index contributed by atoms with van der Waals surface area (Å²) in [7, 11) is 0. The van der Waals surface area contributed by atoms with Gasteiger partial charge in [0.15, 0.2) is 0 Å². The summed E-state index contributed by atoms with van der Waals surface area (Å²) in [5, 5.41) is 0. The molecule has 0 amide bonds. The van der Waals surface area contributed by atoms with Crippen molar-refractivity contribution in [3.8, 4) is 22.3 Å². The van der Waals surface area contributed by atoms with E-state index in [4.69, 9.17) is 5.73 Å². The van der Waals surface area contributed by atoms with E-state index in [0.29, 0.717) is 0 Å². The van der Waals surface area contributed by atoms with Crippen molar-refractivity contribution in [3.63, 3.8) is 0 Å². The maximum Gasteiger partial charge on any atom is 0.0346 e. The highest BCUT2D eigenvalue weighted by molar-refractivity contribution is 5.75. The number of rotatable bonds is 2. The highest BCUT2D eigenvalue weighted by atomic mass is 14.6. The van der Waals surface area contributed by atoms with E-state index >= 15 is 0 Å². The average molecular weight is 260 g/mol. The second-order valence-corrected chi connectivity index (χ2v) is 4.89. The van der Waals surface area contributed by atoms with Gasteiger partial charge >= 0.3 is 0 Å². The van der Waals surface area contributed by atoms with Crippen molar-refractivity contribution in [2.45, 2.75) is 6.92 Å². The maximum absolute atomic E-state index is 5.76. The van der Waals surface area contributed by atoms with Crippen LogP contribution < -0.4 is 5.73 Å². The molecule has 3 aromatic rings. The number of nitrogens with zero attached hydrogens (tertiary/aromatic N) is 1. The fraction of sp³-hybridized carbons (Fsp3) is 0.0556. The molecule has 1 heterocycles. The molecular weight excluding hydrogens is 244 g/mol. The smallest absolute Gasteiger partial charge is 0.0346 e. The average Bonchev–Trinajstić information content (AvgIpc) is 2.50. The molecule has 0 radical (unpaired) electrons. The normalized spacial score (nSPS) is 10.4. The van der Waals surface area contributed by atoms with E-state index in [0.717, 1.165) is 11.3 Å². The van der Waals surface area contributed by atoms with Crippen molar-refractivity contribution in [2.24, 2.45) is 0 Å². The lowest BCUT2D eigenvalue weighted by molar-refractivity contribution is 1.33. The van der Waals surface area contributed by atoms with Crippen molar-refractivity contribution >= 4 is 5.69 Å². The summed E-state index contributed by atoms with van der Waals surface area (Å²) >= 11 is 0. The van der Waals surface area contributed by atoms with Gasteiger partial charge in [-0.2, -0.15) is 0 Å². The number of pyridine rings is 1. The molecule has 3 rings (SSSR count). The summed E-state index contributed by atoms with van der Waals surface area (Å²) in [6.07, 6.45) is 3.68. The quantitative estimate of drug-likeness (QED) is 0.697. The largest absolute Gasteiger partial charge is 0.399 e. The number of nitrogens with two attached hydrogens (primary N) is 1. The molecule has 0 atom stereocenters. The Balaban J connectivity index is 2.10. The standard InChI is InChI=1S/C18H16N2/c1-13-4-5-15(16-3-2-10-20-12-16)11-18(13)14-6-8-17(19)9-7-14/h2-12H,19H2,1H3. The van der Waals surface area contributed by atoms with Crippen LogP contribution >= 0.6 is 0 Å². The molecule has 2 nitrogen and oxygen atoms in total. The predicted molar refractivity (Wildman–Crippen MR) is 84.3 cm³/mol. The number of aryl methyl sites for hydroxylation is 1. The van der Waals surface area contributed by atoms with Gasteiger partial charge in [0.25, 0.3) is 0 Å². The van der Waals surface area contributed by atoms with Gasteiger partial charge in [0.2, 0.25) is 0 Å². The second-order valence-electron chi connectivity index (χ2n) is 4.89. The molecule has 0 saturated carbocycles. The zero-order chi connectivity index (χ0) is 13.9. The summed E-state index contributed by atoms with van der Waals surface area (Å²) in [6, 6.07) is 18.5. The highest BCUT2D eigenvalue weighted by Gasteiger charge is 2.05. The first-order valence-electron chi connectivity index (χ1n) is 6.61. The lowest BCUT2D eigenvalue weighted by atomic mass is 9.96. The Kier molecular flexibility index (Phi) is 3.21. The van der Waals surface area contributed by atoms with Crippen LogP contribution in [0.4, 0.5) is 5.69 Å². The number of aromatic nitrogens is 1. The SMILES string of the molecule is Cc1ccc(-c2cccnc2)cc1-c1ccc(N)cc1. The zero-order valence-corrected chi connectivity index (χ0v) is 11.4. The minimum Gasteiger partial charge on any atom is -0.399 e. The molecule has 0 fully saturated rings. The van der Waals surface area contributed by atoms with Crippen molar-refractivity contribution < 1.29 is 0 Å². The number of hydrogen-bond acceptors (Lipinski definition) is 2. The van der Waals surface area contributed by atoms with Crippen LogP contribution in [-0.4, -0.2) is 4.98 Å². The Bertz CT molecular complexity index is 716. The number of anilines is 1. The third kappa shape index (κ3) is 2.41. The zero-order valence-electron chi connectivity index (χ0n) is 11.4. The summed E-state index contributed by atoms with van der Waals surface area (Å²) in [4.78, 5) is 4.18. The maximum atomic E-state index is 5.76. The van der Waals surface area contributed by atoms with Gasteiger partial charge in [0, 0.05) is 23.6 Å². The molecule has 0 spiro atoms. The topological polar surface area (TPSA) is 38.9 Å². The first-order chi connectivity index (χ1) is 9.74. The van der Waals surface area contributed by atoms with Crippen molar-refractivity contribution in [1.29, 1.82) is 0 Å². The number of nitrogen functional groups attached to an aromatic ring is 1. The van der Waals surface area contributed by atoms with Gasteiger partial charge < -0.3 is 5.73 Å². The molecule has 0 unspecified atom stereocenters. The Morgan fingerprint density at radius 3 is 2.30 bits per heavy atom. The molecule has 0 aliphatic rings. The Labute approximate surface area is 118 Å². The van der Waals surface area contributed by atoms with Crippen LogP contribution in [0, 0.1) is 6.92 Å². The molecule has 2 heteroatoms. The van der Waals surface area contributed by atoms with Crippen LogP contribution in [-0.2, 0) is 0 Å². The second kappa shape index (κ2) is 5.17. The van der Waals surface area contributed by atoms with E-state index in [1.54, 1.807) is 6.20 Å². The minimum atomic E-state index is 0.787. The van der Waals surface area contributed by atoms with Gasteiger partial charge in [-0.25, -0.2) is 0 Å². The fourth-order valence-corrected chi connectivity index (χ4v) is 2.31. The third-order valence-corrected chi connectivity index (χ3v) is 3.45. The lowest BCUT2D eigenvalue weighted by Gasteiger charge is -2.10. The number of hydrogen-bond donors (Lipinski definition) is 1. The molecule has 0 aliphatic heterocycles. The highest BCUT2D eigenvalue weighted by Crippen LogP contribution is 2.29. The molecule has 0 aliphatic carbocycles. The van der Waals surface area contributed by atoms with E-state index < -0.39 is 0 Å². The molecule has 0 saturated heterocycles. The first kappa shape index (κ1) is 12.4. The van der Waals surface area contributed by atoms with E-state index in [9.17, 15) is 0 Å². The molecule has 2 N–H and O–H groups in total. The van der Waals surface area contributed by atoms with Crippen LogP contribution in [0.3, 0.4) is 0 Å². The van der Waals surface area contributed by atoms with Crippen molar-refractivity contribution in [1.82, 2.24) is 4.98 Å². The number of benzene rings is 2. The summed E-state index contributed by atoms with van der Waals surface area (Å²) in [5.74, 6) is 0. The minimum absolute atomic E-state index is 0.787. The predicted octanol–water partition coefficient (Wildman–Crippen LogP) is 4.31.